The average molecular weight is 319 g/mol. The van der Waals surface area contributed by atoms with Gasteiger partial charge in [-0.2, -0.15) is 0 Å². The molecule has 0 radical (unpaired) electrons. The minimum atomic E-state index is -3.61. The molecule has 118 valence electrons. The molecule has 0 aliphatic carbocycles. The van der Waals surface area contributed by atoms with Crippen LogP contribution in [0.25, 0.3) is 0 Å². The van der Waals surface area contributed by atoms with Gasteiger partial charge in [0, 0.05) is 7.05 Å². The van der Waals surface area contributed by atoms with Gasteiger partial charge in [0.15, 0.2) is 0 Å². The van der Waals surface area contributed by atoms with Gasteiger partial charge in [0.1, 0.15) is 5.75 Å². The zero-order valence-electron chi connectivity index (χ0n) is 13.5. The zero-order valence-corrected chi connectivity index (χ0v) is 14.4. The van der Waals surface area contributed by atoms with E-state index in [9.17, 15) is 8.42 Å². The van der Waals surface area contributed by atoms with E-state index in [1.807, 2.05) is 39.0 Å². The molecule has 2 aromatic rings. The third-order valence-corrected chi connectivity index (χ3v) is 5.53. The van der Waals surface area contributed by atoms with Gasteiger partial charge in [0.05, 0.1) is 17.7 Å². The van der Waals surface area contributed by atoms with Gasteiger partial charge in [-0.25, -0.2) is 8.42 Å². The van der Waals surface area contributed by atoms with Crippen molar-refractivity contribution in [1.29, 1.82) is 0 Å². The summed E-state index contributed by atoms with van der Waals surface area (Å²) in [5.74, 6) is 0.675. The largest absolute Gasteiger partial charge is 0.496 e. The predicted octanol–water partition coefficient (Wildman–Crippen LogP) is 3.45. The Hall–Kier alpha value is -2.01. The number of hydrogen-bond acceptors (Lipinski definition) is 3. The number of para-hydroxylation sites is 1. The predicted molar refractivity (Wildman–Crippen MR) is 89.2 cm³/mol. The van der Waals surface area contributed by atoms with Crippen LogP contribution in [-0.4, -0.2) is 22.6 Å². The van der Waals surface area contributed by atoms with Crippen LogP contribution in [0.5, 0.6) is 5.75 Å². The number of rotatable bonds is 4. The second-order valence-electron chi connectivity index (χ2n) is 5.34. The number of methoxy groups -OCH3 is 1. The normalized spacial score (nSPS) is 11.3. The summed E-state index contributed by atoms with van der Waals surface area (Å²) >= 11 is 0. The Labute approximate surface area is 132 Å². The Morgan fingerprint density at radius 3 is 2.05 bits per heavy atom. The summed E-state index contributed by atoms with van der Waals surface area (Å²) in [5.41, 5.74) is 3.36. The monoisotopic (exact) mass is 319 g/mol. The number of benzene rings is 2. The summed E-state index contributed by atoms with van der Waals surface area (Å²) in [6, 6.07) is 10.6. The average Bonchev–Trinajstić information content (AvgIpc) is 2.46. The molecule has 4 nitrogen and oxygen atoms in total. The second kappa shape index (κ2) is 6.01. The summed E-state index contributed by atoms with van der Waals surface area (Å²) in [4.78, 5) is 0.260. The van der Waals surface area contributed by atoms with E-state index < -0.39 is 10.0 Å². The third-order valence-electron chi connectivity index (χ3n) is 3.78. The topological polar surface area (TPSA) is 46.6 Å². The summed E-state index contributed by atoms with van der Waals surface area (Å²) in [6.45, 7) is 5.65. The van der Waals surface area contributed by atoms with Gasteiger partial charge in [-0.05, 0) is 55.7 Å². The van der Waals surface area contributed by atoms with Crippen molar-refractivity contribution in [2.24, 2.45) is 0 Å². The maximum atomic E-state index is 12.9. The van der Waals surface area contributed by atoms with Gasteiger partial charge >= 0.3 is 0 Å². The van der Waals surface area contributed by atoms with Crippen LogP contribution < -0.4 is 9.04 Å². The minimum Gasteiger partial charge on any atom is -0.496 e. The summed E-state index contributed by atoms with van der Waals surface area (Å²) in [6.07, 6.45) is 0. The van der Waals surface area contributed by atoms with Crippen LogP contribution in [0.15, 0.2) is 41.3 Å². The summed E-state index contributed by atoms with van der Waals surface area (Å²) in [5, 5.41) is 0. The lowest BCUT2D eigenvalue weighted by atomic mass is 10.1. The van der Waals surface area contributed by atoms with Crippen molar-refractivity contribution in [3.63, 3.8) is 0 Å². The fraction of sp³-hybridized carbons (Fsp3) is 0.294. The molecule has 5 heteroatoms. The van der Waals surface area contributed by atoms with E-state index in [2.05, 4.69) is 0 Å². The van der Waals surface area contributed by atoms with E-state index in [4.69, 9.17) is 4.74 Å². The fourth-order valence-corrected chi connectivity index (χ4v) is 4.00. The molecule has 0 heterocycles. The highest BCUT2D eigenvalue weighted by atomic mass is 32.2. The van der Waals surface area contributed by atoms with Gasteiger partial charge in [0.2, 0.25) is 0 Å². The van der Waals surface area contributed by atoms with Crippen molar-refractivity contribution in [1.82, 2.24) is 0 Å². The van der Waals surface area contributed by atoms with Crippen molar-refractivity contribution in [2.75, 3.05) is 18.5 Å². The molecule has 2 rings (SSSR count). The number of sulfonamides is 1. The maximum Gasteiger partial charge on any atom is 0.264 e. The Balaban J connectivity index is 2.52. The van der Waals surface area contributed by atoms with Crippen molar-refractivity contribution >= 4 is 15.7 Å². The van der Waals surface area contributed by atoms with Gasteiger partial charge < -0.3 is 4.74 Å². The molecule has 0 aliphatic heterocycles. The molecule has 0 atom stereocenters. The lowest BCUT2D eigenvalue weighted by Gasteiger charge is -2.23. The fourth-order valence-electron chi connectivity index (χ4n) is 2.59. The molecule has 2 aromatic carbocycles. The van der Waals surface area contributed by atoms with Gasteiger partial charge in [-0.15, -0.1) is 0 Å². The Morgan fingerprint density at radius 2 is 1.55 bits per heavy atom. The minimum absolute atomic E-state index is 0.260. The van der Waals surface area contributed by atoms with E-state index in [0.29, 0.717) is 5.75 Å². The highest BCUT2D eigenvalue weighted by Crippen LogP contribution is 2.30. The van der Waals surface area contributed by atoms with E-state index in [1.165, 1.54) is 4.31 Å². The lowest BCUT2D eigenvalue weighted by Crippen LogP contribution is -2.28. The molecule has 0 amide bonds. The number of anilines is 1. The quantitative estimate of drug-likeness (QED) is 0.867. The molecule has 0 saturated heterocycles. The van der Waals surface area contributed by atoms with Crippen molar-refractivity contribution in [3.8, 4) is 5.75 Å². The zero-order chi connectivity index (χ0) is 16.5. The van der Waals surface area contributed by atoms with E-state index in [-0.39, 0.29) is 4.90 Å². The first-order valence-corrected chi connectivity index (χ1v) is 8.43. The summed E-state index contributed by atoms with van der Waals surface area (Å²) in [7, 11) is -0.450. The van der Waals surface area contributed by atoms with E-state index in [1.54, 1.807) is 32.4 Å². The third kappa shape index (κ3) is 2.81. The first-order valence-electron chi connectivity index (χ1n) is 6.99. The maximum absolute atomic E-state index is 12.9. The van der Waals surface area contributed by atoms with Gasteiger partial charge in [-0.3, -0.25) is 4.31 Å². The molecule has 0 spiro atoms. The van der Waals surface area contributed by atoms with Crippen LogP contribution in [0.4, 0.5) is 5.69 Å². The number of nitrogens with zero attached hydrogens (tertiary/aromatic N) is 1. The first-order chi connectivity index (χ1) is 10.3. The van der Waals surface area contributed by atoms with Crippen LogP contribution in [0.1, 0.15) is 16.7 Å². The second-order valence-corrected chi connectivity index (χ2v) is 7.31. The van der Waals surface area contributed by atoms with Gasteiger partial charge in [0.25, 0.3) is 10.0 Å². The molecule has 0 bridgehead atoms. The van der Waals surface area contributed by atoms with Crippen LogP contribution in [0, 0.1) is 20.8 Å². The number of aryl methyl sites for hydroxylation is 3. The Bertz CT molecular complexity index is 777. The van der Waals surface area contributed by atoms with Crippen molar-refractivity contribution in [2.45, 2.75) is 25.7 Å². The molecule has 0 N–H and O–H groups in total. The first kappa shape index (κ1) is 16.4. The van der Waals surface area contributed by atoms with Crippen molar-refractivity contribution in [3.05, 3.63) is 53.1 Å². The molecular formula is C17H21NO3S. The molecule has 0 aromatic heterocycles. The molecule has 22 heavy (non-hydrogen) atoms. The smallest absolute Gasteiger partial charge is 0.264 e. The van der Waals surface area contributed by atoms with Crippen LogP contribution in [0.3, 0.4) is 0 Å². The lowest BCUT2D eigenvalue weighted by molar-refractivity contribution is 0.411. The summed E-state index contributed by atoms with van der Waals surface area (Å²) < 4.78 is 32.3. The van der Waals surface area contributed by atoms with E-state index in [0.717, 1.165) is 22.4 Å². The van der Waals surface area contributed by atoms with Crippen LogP contribution in [-0.2, 0) is 10.0 Å². The number of ether oxygens (including phenoxy) is 1. The molecule has 0 unspecified atom stereocenters. The highest BCUT2D eigenvalue weighted by molar-refractivity contribution is 7.92. The molecule has 0 aliphatic rings. The van der Waals surface area contributed by atoms with E-state index >= 15 is 0 Å². The molecule has 0 fully saturated rings. The van der Waals surface area contributed by atoms with Crippen molar-refractivity contribution < 1.29 is 13.2 Å². The molecule has 0 saturated carbocycles. The highest BCUT2D eigenvalue weighted by Gasteiger charge is 2.24. The van der Waals surface area contributed by atoms with Crippen LogP contribution >= 0.6 is 0 Å². The Kier molecular flexibility index (Phi) is 4.47. The Morgan fingerprint density at radius 1 is 0.955 bits per heavy atom. The number of hydrogen-bond donors (Lipinski definition) is 0. The van der Waals surface area contributed by atoms with Gasteiger partial charge in [-0.1, -0.05) is 18.2 Å². The van der Waals surface area contributed by atoms with Crippen LogP contribution in [0.2, 0.25) is 0 Å². The molecular weight excluding hydrogens is 298 g/mol. The standard InChI is InChI=1S/C17H21NO3S/c1-12-7-6-8-13(2)17(12)18(4)22(19,20)15-9-10-16(21-5)14(3)11-15/h6-11H,1-5H3. The SMILES string of the molecule is COc1ccc(S(=O)(=O)N(C)c2c(C)cccc2C)cc1C.